The SMILES string of the molecule is CC(CNC(=O)OCC1c2ccccc2-c2ccccc21)C(=O)Nc1cc(C(=O)O)ccc1O. The largest absolute Gasteiger partial charge is 0.506 e. The number of benzene rings is 3. The van der Waals surface area contributed by atoms with E-state index in [9.17, 15) is 19.5 Å². The molecule has 0 bridgehead atoms. The molecule has 0 saturated carbocycles. The highest BCUT2D eigenvalue weighted by Gasteiger charge is 2.29. The number of phenols is 1. The molecule has 4 rings (SSSR count). The van der Waals surface area contributed by atoms with Gasteiger partial charge in [0.1, 0.15) is 12.4 Å². The highest BCUT2D eigenvalue weighted by atomic mass is 16.5. The summed E-state index contributed by atoms with van der Waals surface area (Å²) in [4.78, 5) is 35.8. The van der Waals surface area contributed by atoms with Gasteiger partial charge in [-0.15, -0.1) is 0 Å². The van der Waals surface area contributed by atoms with Gasteiger partial charge in [0.15, 0.2) is 0 Å². The monoisotopic (exact) mass is 460 g/mol. The summed E-state index contributed by atoms with van der Waals surface area (Å²) in [6, 6.07) is 19.6. The maximum absolute atomic E-state index is 12.4. The van der Waals surface area contributed by atoms with E-state index in [4.69, 9.17) is 9.84 Å². The van der Waals surface area contributed by atoms with Crippen LogP contribution in [0.2, 0.25) is 0 Å². The summed E-state index contributed by atoms with van der Waals surface area (Å²) in [5.74, 6) is -2.65. The Balaban J connectivity index is 1.31. The average molecular weight is 460 g/mol. The predicted octanol–water partition coefficient (Wildman–Crippen LogP) is 4.20. The quantitative estimate of drug-likeness (QED) is 0.392. The van der Waals surface area contributed by atoms with Crippen molar-refractivity contribution in [2.45, 2.75) is 12.8 Å². The van der Waals surface area contributed by atoms with Crippen molar-refractivity contribution in [3.63, 3.8) is 0 Å². The van der Waals surface area contributed by atoms with Gasteiger partial charge in [-0.25, -0.2) is 9.59 Å². The molecule has 3 aromatic rings. The third kappa shape index (κ3) is 4.71. The van der Waals surface area contributed by atoms with Crippen LogP contribution in [0.3, 0.4) is 0 Å². The number of aromatic hydroxyl groups is 1. The van der Waals surface area contributed by atoms with Crippen molar-refractivity contribution in [1.82, 2.24) is 5.32 Å². The predicted molar refractivity (Wildman–Crippen MR) is 126 cm³/mol. The average Bonchev–Trinajstić information content (AvgIpc) is 3.16. The molecule has 34 heavy (non-hydrogen) atoms. The number of carboxylic acids is 1. The highest BCUT2D eigenvalue weighted by Crippen LogP contribution is 2.44. The van der Waals surface area contributed by atoms with Crippen LogP contribution >= 0.6 is 0 Å². The van der Waals surface area contributed by atoms with Gasteiger partial charge in [0, 0.05) is 12.5 Å². The first-order valence-electron chi connectivity index (χ1n) is 10.8. The van der Waals surface area contributed by atoms with Gasteiger partial charge in [-0.2, -0.15) is 0 Å². The molecular weight excluding hydrogens is 436 g/mol. The number of amides is 2. The molecule has 1 atom stereocenters. The van der Waals surface area contributed by atoms with E-state index in [0.29, 0.717) is 0 Å². The van der Waals surface area contributed by atoms with Gasteiger partial charge in [-0.05, 0) is 40.5 Å². The van der Waals surface area contributed by atoms with E-state index in [1.165, 1.54) is 18.2 Å². The summed E-state index contributed by atoms with van der Waals surface area (Å²) in [6.45, 7) is 1.76. The molecule has 0 fully saturated rings. The lowest BCUT2D eigenvalue weighted by Gasteiger charge is -2.16. The molecule has 1 unspecified atom stereocenters. The van der Waals surface area contributed by atoms with Crippen LogP contribution in [-0.4, -0.2) is 41.3 Å². The molecule has 0 spiro atoms. The lowest BCUT2D eigenvalue weighted by atomic mass is 9.98. The van der Waals surface area contributed by atoms with Crippen LogP contribution in [0.15, 0.2) is 66.7 Å². The Morgan fingerprint density at radius 2 is 1.59 bits per heavy atom. The fourth-order valence-corrected chi connectivity index (χ4v) is 4.00. The molecular formula is C26H24N2O6. The van der Waals surface area contributed by atoms with Crippen molar-refractivity contribution in [3.05, 3.63) is 83.4 Å². The number of anilines is 1. The van der Waals surface area contributed by atoms with Gasteiger partial charge in [-0.3, -0.25) is 4.79 Å². The fourth-order valence-electron chi connectivity index (χ4n) is 4.00. The van der Waals surface area contributed by atoms with Crippen molar-refractivity contribution >= 4 is 23.7 Å². The molecule has 2 amide bonds. The molecule has 8 heteroatoms. The van der Waals surface area contributed by atoms with Crippen molar-refractivity contribution in [3.8, 4) is 16.9 Å². The third-order valence-electron chi connectivity index (χ3n) is 5.85. The Morgan fingerprint density at radius 1 is 0.971 bits per heavy atom. The van der Waals surface area contributed by atoms with Crippen LogP contribution in [0, 0.1) is 5.92 Å². The van der Waals surface area contributed by atoms with Crippen LogP contribution in [0.4, 0.5) is 10.5 Å². The molecule has 0 aromatic heterocycles. The number of carbonyl (C=O) groups excluding carboxylic acids is 2. The molecule has 0 radical (unpaired) electrons. The van der Waals surface area contributed by atoms with Crippen LogP contribution in [0.1, 0.15) is 34.3 Å². The summed E-state index contributed by atoms with van der Waals surface area (Å²) in [7, 11) is 0. The highest BCUT2D eigenvalue weighted by molar-refractivity contribution is 5.96. The molecule has 4 N–H and O–H groups in total. The van der Waals surface area contributed by atoms with E-state index in [2.05, 4.69) is 22.8 Å². The maximum Gasteiger partial charge on any atom is 0.407 e. The van der Waals surface area contributed by atoms with Gasteiger partial charge >= 0.3 is 12.1 Å². The van der Waals surface area contributed by atoms with E-state index in [0.717, 1.165) is 22.3 Å². The number of hydrogen-bond acceptors (Lipinski definition) is 5. The maximum atomic E-state index is 12.4. The van der Waals surface area contributed by atoms with Gasteiger partial charge in [0.2, 0.25) is 5.91 Å². The zero-order valence-corrected chi connectivity index (χ0v) is 18.4. The van der Waals surface area contributed by atoms with E-state index in [-0.39, 0.29) is 36.1 Å². The Bertz CT molecular complexity index is 1210. The van der Waals surface area contributed by atoms with Gasteiger partial charge < -0.3 is 25.6 Å². The smallest absolute Gasteiger partial charge is 0.407 e. The zero-order chi connectivity index (χ0) is 24.2. The lowest BCUT2D eigenvalue weighted by molar-refractivity contribution is -0.119. The summed E-state index contributed by atoms with van der Waals surface area (Å²) in [5.41, 5.74) is 4.39. The molecule has 1 aliphatic carbocycles. The van der Waals surface area contributed by atoms with Gasteiger partial charge in [0.05, 0.1) is 17.2 Å². The second-order valence-electron chi connectivity index (χ2n) is 8.13. The number of alkyl carbamates (subject to hydrolysis) is 1. The van der Waals surface area contributed by atoms with Crippen molar-refractivity contribution in [2.24, 2.45) is 5.92 Å². The second-order valence-corrected chi connectivity index (χ2v) is 8.13. The van der Waals surface area contributed by atoms with E-state index in [1.54, 1.807) is 6.92 Å². The molecule has 8 nitrogen and oxygen atoms in total. The molecule has 1 aliphatic rings. The lowest BCUT2D eigenvalue weighted by Crippen LogP contribution is -2.35. The van der Waals surface area contributed by atoms with E-state index >= 15 is 0 Å². The Morgan fingerprint density at radius 3 is 2.21 bits per heavy atom. The number of ether oxygens (including phenoxy) is 1. The molecule has 0 heterocycles. The Labute approximate surface area is 196 Å². The number of carboxylic acid groups (broad SMARTS) is 1. The third-order valence-corrected chi connectivity index (χ3v) is 5.85. The first kappa shape index (κ1) is 22.8. The number of fused-ring (bicyclic) bond motifs is 3. The van der Waals surface area contributed by atoms with Crippen LogP contribution in [-0.2, 0) is 9.53 Å². The van der Waals surface area contributed by atoms with E-state index < -0.39 is 23.9 Å². The van der Waals surface area contributed by atoms with Gasteiger partial charge in [0.25, 0.3) is 0 Å². The minimum absolute atomic E-state index is 0.00188. The number of carbonyl (C=O) groups is 3. The minimum atomic E-state index is -1.18. The summed E-state index contributed by atoms with van der Waals surface area (Å²) >= 11 is 0. The number of nitrogens with one attached hydrogen (secondary N) is 2. The Kier molecular flexibility index (Phi) is 6.49. The molecule has 0 aliphatic heterocycles. The standard InChI is InChI=1S/C26H24N2O6/c1-15(24(30)28-22-12-16(25(31)32)10-11-23(22)29)13-27-26(33)34-14-21-19-8-4-2-6-17(19)18-7-3-5-9-20(18)21/h2-12,15,21,29H,13-14H2,1H3,(H,27,33)(H,28,30)(H,31,32). The minimum Gasteiger partial charge on any atom is -0.506 e. The Hall–Kier alpha value is -4.33. The number of phenolic OH excluding ortho intramolecular Hbond substituents is 1. The second kappa shape index (κ2) is 9.66. The fraction of sp³-hybridized carbons (Fsp3) is 0.192. The van der Waals surface area contributed by atoms with Crippen LogP contribution < -0.4 is 10.6 Å². The first-order chi connectivity index (χ1) is 16.3. The summed E-state index contributed by atoms with van der Waals surface area (Å²) in [5, 5.41) is 24.0. The zero-order valence-electron chi connectivity index (χ0n) is 18.4. The van der Waals surface area contributed by atoms with Crippen molar-refractivity contribution < 1.29 is 29.3 Å². The van der Waals surface area contributed by atoms with Crippen molar-refractivity contribution in [1.29, 1.82) is 0 Å². The first-order valence-corrected chi connectivity index (χ1v) is 10.8. The van der Waals surface area contributed by atoms with Crippen LogP contribution in [0.25, 0.3) is 11.1 Å². The summed E-state index contributed by atoms with van der Waals surface area (Å²) < 4.78 is 5.46. The topological polar surface area (TPSA) is 125 Å². The summed E-state index contributed by atoms with van der Waals surface area (Å²) in [6.07, 6.45) is -0.641. The molecule has 0 saturated heterocycles. The van der Waals surface area contributed by atoms with Gasteiger partial charge in [-0.1, -0.05) is 55.5 Å². The number of hydrogen-bond donors (Lipinski definition) is 4. The number of aromatic carboxylic acids is 1. The van der Waals surface area contributed by atoms with Crippen molar-refractivity contribution in [2.75, 3.05) is 18.5 Å². The van der Waals surface area contributed by atoms with Crippen LogP contribution in [0.5, 0.6) is 5.75 Å². The normalized spacial score (nSPS) is 12.9. The number of rotatable bonds is 7. The molecule has 3 aromatic carbocycles. The van der Waals surface area contributed by atoms with E-state index in [1.807, 2.05) is 36.4 Å². The molecule has 174 valence electrons.